The normalized spacial score (nSPS) is 10.7. The Kier molecular flexibility index (Phi) is 6.77. The van der Waals surface area contributed by atoms with Crippen LogP contribution in [-0.4, -0.2) is 45.7 Å². The number of nitrogens with one attached hydrogen (secondary N) is 4. The van der Waals surface area contributed by atoms with Crippen molar-refractivity contribution in [1.29, 1.82) is 0 Å². The van der Waals surface area contributed by atoms with E-state index >= 15 is 0 Å². The summed E-state index contributed by atoms with van der Waals surface area (Å²) in [6.07, 6.45) is 6.46. The van der Waals surface area contributed by atoms with Gasteiger partial charge in [-0.3, -0.25) is 10.1 Å². The molecule has 0 fully saturated rings. The van der Waals surface area contributed by atoms with Gasteiger partial charge in [0.25, 0.3) is 0 Å². The van der Waals surface area contributed by atoms with Gasteiger partial charge < -0.3 is 20.9 Å². The second-order valence-electron chi connectivity index (χ2n) is 8.22. The van der Waals surface area contributed by atoms with Gasteiger partial charge in [-0.2, -0.15) is 5.10 Å². The van der Waals surface area contributed by atoms with Gasteiger partial charge in [-0.1, -0.05) is 26.1 Å². The lowest BCUT2D eigenvalue weighted by atomic mass is 10.0. The Hall–Kier alpha value is -4.33. The first-order valence-electron chi connectivity index (χ1n) is 11.2. The van der Waals surface area contributed by atoms with Crippen LogP contribution in [0.1, 0.15) is 19.0 Å². The highest BCUT2D eigenvalue weighted by Crippen LogP contribution is 2.29. The number of fused-ring (bicyclic) bond motifs is 1. The molecule has 1 aromatic carbocycles. The van der Waals surface area contributed by atoms with Gasteiger partial charge in [0.2, 0.25) is 0 Å². The zero-order valence-corrected chi connectivity index (χ0v) is 19.8. The number of H-pyrrole nitrogens is 1. The van der Waals surface area contributed by atoms with Crippen molar-refractivity contribution in [3.8, 4) is 11.1 Å². The van der Waals surface area contributed by atoms with E-state index < -0.39 is 0 Å². The summed E-state index contributed by atoms with van der Waals surface area (Å²) in [5, 5.41) is 18.4. The third kappa shape index (κ3) is 5.17. The quantitative estimate of drug-likeness (QED) is 0.256. The standard InChI is InChI=1S/C26H30N8/c1-6-11-28-25-10-8-21(16-29-25)30-17(2)26-23-13-19(7-9-24(23)32-33-26)20-12-22(15-27-14-20)31-18(3)34(4)5/h7-10,12-16,30-31H,2-3,6,11H2,1,4-5H3,(H,28,29)(H,32,33). The Morgan fingerprint density at radius 1 is 0.971 bits per heavy atom. The summed E-state index contributed by atoms with van der Waals surface area (Å²) in [5.41, 5.74) is 6.12. The minimum Gasteiger partial charge on any atom is -0.370 e. The number of hydrogen-bond donors (Lipinski definition) is 4. The molecule has 3 aromatic heterocycles. The largest absolute Gasteiger partial charge is 0.370 e. The van der Waals surface area contributed by atoms with Crippen LogP contribution in [0.15, 0.2) is 74.0 Å². The Morgan fingerprint density at radius 3 is 2.56 bits per heavy atom. The van der Waals surface area contributed by atoms with Gasteiger partial charge in [0.05, 0.1) is 40.8 Å². The molecule has 0 aliphatic rings. The average molecular weight is 455 g/mol. The molecule has 0 aliphatic carbocycles. The van der Waals surface area contributed by atoms with Gasteiger partial charge in [-0.15, -0.1) is 0 Å². The molecular weight excluding hydrogens is 424 g/mol. The number of benzene rings is 1. The summed E-state index contributed by atoms with van der Waals surface area (Å²) in [5.74, 6) is 1.64. The van der Waals surface area contributed by atoms with Crippen molar-refractivity contribution < 1.29 is 0 Å². The number of aromatic nitrogens is 4. The molecule has 3 heterocycles. The molecule has 4 aromatic rings. The topological polar surface area (TPSA) is 93.8 Å². The highest BCUT2D eigenvalue weighted by molar-refractivity contribution is 5.95. The maximum Gasteiger partial charge on any atom is 0.126 e. The van der Waals surface area contributed by atoms with Crippen LogP contribution in [0.25, 0.3) is 27.7 Å². The highest BCUT2D eigenvalue weighted by Gasteiger charge is 2.12. The molecule has 0 spiro atoms. The molecule has 8 heteroatoms. The first-order chi connectivity index (χ1) is 16.4. The lowest BCUT2D eigenvalue weighted by Gasteiger charge is -2.17. The fourth-order valence-corrected chi connectivity index (χ4v) is 3.43. The minimum atomic E-state index is 0.690. The molecule has 0 bridgehead atoms. The van der Waals surface area contributed by atoms with E-state index in [0.29, 0.717) is 5.70 Å². The Bertz CT molecular complexity index is 1300. The fraction of sp³-hybridized carbons (Fsp3) is 0.192. The molecular formula is C26H30N8. The zero-order valence-electron chi connectivity index (χ0n) is 19.8. The van der Waals surface area contributed by atoms with Crippen LogP contribution in [0.3, 0.4) is 0 Å². The van der Waals surface area contributed by atoms with Crippen LogP contribution in [0.4, 0.5) is 17.2 Å². The van der Waals surface area contributed by atoms with Crippen molar-refractivity contribution in [3.05, 3.63) is 79.7 Å². The number of anilines is 3. The van der Waals surface area contributed by atoms with Crippen LogP contribution < -0.4 is 16.0 Å². The number of aromatic amines is 1. The lowest BCUT2D eigenvalue weighted by Crippen LogP contribution is -2.16. The monoisotopic (exact) mass is 454 g/mol. The fourth-order valence-electron chi connectivity index (χ4n) is 3.43. The van der Waals surface area contributed by atoms with Crippen LogP contribution in [-0.2, 0) is 0 Å². The molecule has 0 radical (unpaired) electrons. The first-order valence-corrected chi connectivity index (χ1v) is 11.2. The van der Waals surface area contributed by atoms with E-state index in [1.54, 1.807) is 12.4 Å². The predicted octanol–water partition coefficient (Wildman–Crippen LogP) is 5.37. The van der Waals surface area contributed by atoms with E-state index in [1.165, 1.54) is 0 Å². The summed E-state index contributed by atoms with van der Waals surface area (Å²) in [6, 6.07) is 12.1. The summed E-state index contributed by atoms with van der Waals surface area (Å²) < 4.78 is 0. The number of rotatable bonds is 10. The second kappa shape index (κ2) is 10.1. The molecule has 0 saturated heterocycles. The Morgan fingerprint density at radius 2 is 1.82 bits per heavy atom. The van der Waals surface area contributed by atoms with E-state index in [9.17, 15) is 0 Å². The van der Waals surface area contributed by atoms with Gasteiger partial charge in [0, 0.05) is 37.8 Å². The third-order valence-corrected chi connectivity index (χ3v) is 5.36. The van der Waals surface area contributed by atoms with Gasteiger partial charge in [0.15, 0.2) is 0 Å². The molecule has 34 heavy (non-hydrogen) atoms. The van der Waals surface area contributed by atoms with Gasteiger partial charge in [0.1, 0.15) is 11.5 Å². The molecule has 0 unspecified atom stereocenters. The second-order valence-corrected chi connectivity index (χ2v) is 8.22. The van der Waals surface area contributed by atoms with Crippen molar-refractivity contribution in [2.75, 3.05) is 36.6 Å². The maximum absolute atomic E-state index is 4.50. The Labute approximate surface area is 199 Å². The summed E-state index contributed by atoms with van der Waals surface area (Å²) >= 11 is 0. The zero-order chi connectivity index (χ0) is 24.1. The van der Waals surface area contributed by atoms with Crippen molar-refractivity contribution in [1.82, 2.24) is 25.1 Å². The van der Waals surface area contributed by atoms with Gasteiger partial charge in [-0.25, -0.2) is 4.98 Å². The van der Waals surface area contributed by atoms with E-state index in [4.69, 9.17) is 0 Å². The summed E-state index contributed by atoms with van der Waals surface area (Å²) in [6.45, 7) is 11.2. The van der Waals surface area contributed by atoms with Gasteiger partial charge >= 0.3 is 0 Å². The highest BCUT2D eigenvalue weighted by atomic mass is 15.2. The predicted molar refractivity (Wildman–Crippen MR) is 141 cm³/mol. The van der Waals surface area contributed by atoms with Gasteiger partial charge in [-0.05, 0) is 42.3 Å². The van der Waals surface area contributed by atoms with Crippen LogP contribution >= 0.6 is 0 Å². The van der Waals surface area contributed by atoms with Crippen LogP contribution in [0.2, 0.25) is 0 Å². The van der Waals surface area contributed by atoms with Crippen LogP contribution in [0, 0.1) is 0 Å². The molecule has 174 valence electrons. The molecule has 4 rings (SSSR count). The van der Waals surface area contributed by atoms with Crippen molar-refractivity contribution in [3.63, 3.8) is 0 Å². The minimum absolute atomic E-state index is 0.690. The molecule has 8 nitrogen and oxygen atoms in total. The van der Waals surface area contributed by atoms with E-state index in [1.807, 2.05) is 49.5 Å². The number of pyridine rings is 2. The number of hydrogen-bond acceptors (Lipinski definition) is 7. The van der Waals surface area contributed by atoms with E-state index in [0.717, 1.165) is 63.7 Å². The van der Waals surface area contributed by atoms with E-state index in [-0.39, 0.29) is 0 Å². The maximum atomic E-state index is 4.50. The number of nitrogens with zero attached hydrogens (tertiary/aromatic N) is 4. The van der Waals surface area contributed by atoms with Crippen molar-refractivity contribution in [2.45, 2.75) is 13.3 Å². The van der Waals surface area contributed by atoms with E-state index in [2.05, 4.69) is 68.3 Å². The first kappa shape index (κ1) is 22.8. The summed E-state index contributed by atoms with van der Waals surface area (Å²) in [7, 11) is 3.88. The molecule has 0 aliphatic heterocycles. The van der Waals surface area contributed by atoms with Crippen LogP contribution in [0.5, 0.6) is 0 Å². The smallest absolute Gasteiger partial charge is 0.126 e. The van der Waals surface area contributed by atoms with Crippen molar-refractivity contribution >= 4 is 33.8 Å². The molecule has 0 atom stereocenters. The Balaban J connectivity index is 1.56. The molecule has 4 N–H and O–H groups in total. The molecule has 0 saturated carbocycles. The van der Waals surface area contributed by atoms with Crippen molar-refractivity contribution in [2.24, 2.45) is 0 Å². The third-order valence-electron chi connectivity index (χ3n) is 5.36. The molecule has 0 amide bonds. The summed E-state index contributed by atoms with van der Waals surface area (Å²) in [4.78, 5) is 10.8. The SMILES string of the molecule is C=C(Nc1ccc(NCCC)nc1)c1n[nH]c2ccc(-c3cncc(NC(=C)N(C)C)c3)cc12. The lowest BCUT2D eigenvalue weighted by molar-refractivity contribution is 0.521. The average Bonchev–Trinajstić information content (AvgIpc) is 3.27.